The van der Waals surface area contributed by atoms with Crippen molar-refractivity contribution < 1.29 is 26.4 Å². The molecule has 2 aliphatic rings. The van der Waals surface area contributed by atoms with Gasteiger partial charge in [0.2, 0.25) is 5.91 Å². The maximum absolute atomic E-state index is 13.7. The fourth-order valence-corrected chi connectivity index (χ4v) is 6.86. The summed E-state index contributed by atoms with van der Waals surface area (Å²) >= 11 is 6.02. The zero-order chi connectivity index (χ0) is 28.2. The number of hydrogen-bond acceptors (Lipinski definition) is 6. The number of carbonyl (C=O) groups is 1. The normalized spacial score (nSPS) is 20.5. The minimum Gasteiger partial charge on any atom is -0.343 e. The van der Waals surface area contributed by atoms with Crippen molar-refractivity contribution in [1.29, 1.82) is 5.26 Å². The fourth-order valence-electron chi connectivity index (χ4n) is 4.82. The van der Waals surface area contributed by atoms with Crippen LogP contribution in [0.3, 0.4) is 0 Å². The summed E-state index contributed by atoms with van der Waals surface area (Å²) in [7, 11) is -4.52. The van der Waals surface area contributed by atoms with Crippen LogP contribution in [0.5, 0.6) is 0 Å². The third kappa shape index (κ3) is 5.08. The fraction of sp³-hybridized carbons (Fsp3) is 0.346. The second kappa shape index (κ2) is 9.57. The van der Waals surface area contributed by atoms with Crippen LogP contribution in [-0.2, 0) is 20.8 Å². The predicted octanol–water partition coefficient (Wildman–Crippen LogP) is 4.45. The Morgan fingerprint density at radius 3 is 2.46 bits per heavy atom. The van der Waals surface area contributed by atoms with Crippen LogP contribution in [-0.4, -0.2) is 47.5 Å². The molecule has 39 heavy (non-hydrogen) atoms. The number of nitriles is 1. The van der Waals surface area contributed by atoms with Crippen LogP contribution in [0.15, 0.2) is 59.5 Å². The second-order valence-electron chi connectivity index (χ2n) is 9.78. The molecule has 1 saturated carbocycles. The number of rotatable bonds is 6. The number of benzene rings is 2. The quantitative estimate of drug-likeness (QED) is 0.464. The highest BCUT2D eigenvalue weighted by Crippen LogP contribution is 2.40. The van der Waals surface area contributed by atoms with Crippen LogP contribution >= 0.6 is 11.6 Å². The van der Waals surface area contributed by atoms with Crippen molar-refractivity contribution in [3.8, 4) is 11.8 Å². The molecule has 1 aliphatic carbocycles. The molecule has 0 radical (unpaired) electrons. The van der Waals surface area contributed by atoms with Gasteiger partial charge in [-0.25, -0.2) is 13.1 Å². The van der Waals surface area contributed by atoms with E-state index in [-0.39, 0.29) is 13.0 Å². The Morgan fingerprint density at radius 2 is 1.85 bits per heavy atom. The second-order valence-corrected chi connectivity index (χ2v) is 12.4. The van der Waals surface area contributed by atoms with Crippen molar-refractivity contribution in [2.24, 2.45) is 0 Å². The zero-order valence-electron chi connectivity index (χ0n) is 20.6. The van der Waals surface area contributed by atoms with E-state index < -0.39 is 49.2 Å². The topological polar surface area (TPSA) is 108 Å². The Morgan fingerprint density at radius 1 is 1.18 bits per heavy atom. The lowest BCUT2D eigenvalue weighted by atomic mass is 10.1. The van der Waals surface area contributed by atoms with Crippen LogP contribution in [0.4, 0.5) is 19.0 Å². The summed E-state index contributed by atoms with van der Waals surface area (Å²) in [6.45, 7) is 1.47. The lowest BCUT2D eigenvalue weighted by Crippen LogP contribution is -2.48. The summed E-state index contributed by atoms with van der Waals surface area (Å²) in [6.07, 6.45) is -4.23. The summed E-state index contributed by atoms with van der Waals surface area (Å²) < 4.78 is 70.0. The van der Waals surface area contributed by atoms with E-state index in [1.165, 1.54) is 15.6 Å². The number of alkyl halides is 3. The molecular formula is C26H23ClF3N5O3S. The van der Waals surface area contributed by atoms with Crippen molar-refractivity contribution in [2.45, 2.75) is 54.1 Å². The molecule has 1 aromatic heterocycles. The third-order valence-corrected chi connectivity index (χ3v) is 9.45. The molecule has 3 aromatic rings. The van der Waals surface area contributed by atoms with E-state index in [1.807, 2.05) is 0 Å². The van der Waals surface area contributed by atoms with Crippen LogP contribution in [0.2, 0.25) is 5.02 Å². The molecule has 2 atom stereocenters. The van der Waals surface area contributed by atoms with Crippen molar-refractivity contribution in [3.05, 3.63) is 70.9 Å². The van der Waals surface area contributed by atoms with Crippen molar-refractivity contribution in [3.63, 3.8) is 0 Å². The van der Waals surface area contributed by atoms with Gasteiger partial charge >= 0.3 is 6.18 Å². The van der Waals surface area contributed by atoms with Gasteiger partial charge in [-0.2, -0.15) is 23.5 Å². The molecule has 2 heterocycles. The summed E-state index contributed by atoms with van der Waals surface area (Å²) in [5.41, 5.74) is -1.11. The number of anilines is 1. The highest BCUT2D eigenvalue weighted by Gasteiger charge is 2.50. The number of sulfone groups is 1. The average Bonchev–Trinajstić information content (AvgIpc) is 3.33. The van der Waals surface area contributed by atoms with Gasteiger partial charge in [0, 0.05) is 17.6 Å². The van der Waals surface area contributed by atoms with Crippen molar-refractivity contribution in [1.82, 2.24) is 15.1 Å². The minimum absolute atomic E-state index is 0.259. The number of amides is 1. The van der Waals surface area contributed by atoms with Gasteiger partial charge in [-0.1, -0.05) is 23.7 Å². The Hall–Kier alpha value is -3.56. The first-order chi connectivity index (χ1) is 18.3. The van der Waals surface area contributed by atoms with Crippen LogP contribution in [0.1, 0.15) is 30.5 Å². The van der Waals surface area contributed by atoms with Gasteiger partial charge in [0.1, 0.15) is 17.4 Å². The Balaban J connectivity index is 1.57. The van der Waals surface area contributed by atoms with Crippen LogP contribution < -0.4 is 10.2 Å². The average molecular weight is 578 g/mol. The van der Waals surface area contributed by atoms with Gasteiger partial charge in [0.15, 0.2) is 9.84 Å². The molecule has 5 rings (SSSR count). The highest BCUT2D eigenvalue weighted by atomic mass is 35.5. The van der Waals surface area contributed by atoms with Gasteiger partial charge < -0.3 is 10.2 Å². The molecule has 0 unspecified atom stereocenters. The van der Waals surface area contributed by atoms with Gasteiger partial charge in [0.05, 0.1) is 33.2 Å². The molecule has 0 bridgehead atoms. The standard InChI is InChI=1S/C26H23ClF3N5O3S/c1-16-12-23(35(33-16)18-8-6-17(27)7-9-18)34-14-19(13-21(34)24(36)32-25(15-31)10-11-25)39(37,38)22-5-3-2-4-20(22)26(28,29)30/h2-9,12,19,21H,10-11,13-14H2,1H3,(H,32,36)/t19-,21+/m1/s1. The summed E-state index contributed by atoms with van der Waals surface area (Å²) in [5.74, 6) is -0.184. The highest BCUT2D eigenvalue weighted by molar-refractivity contribution is 7.92. The molecule has 1 saturated heterocycles. The molecular weight excluding hydrogens is 555 g/mol. The van der Waals surface area contributed by atoms with Gasteiger partial charge in [-0.05, 0) is 62.6 Å². The van der Waals surface area contributed by atoms with Crippen LogP contribution in [0, 0.1) is 18.3 Å². The van der Waals surface area contributed by atoms with Crippen molar-refractivity contribution >= 4 is 33.2 Å². The van der Waals surface area contributed by atoms with Crippen LogP contribution in [0.25, 0.3) is 5.69 Å². The predicted molar refractivity (Wildman–Crippen MR) is 137 cm³/mol. The number of aromatic nitrogens is 2. The Labute approximate surface area is 227 Å². The minimum atomic E-state index is -4.88. The molecule has 2 fully saturated rings. The molecule has 8 nitrogen and oxygen atoms in total. The number of aryl methyl sites for hydroxylation is 1. The number of nitrogens with one attached hydrogen (secondary N) is 1. The van der Waals surface area contributed by atoms with E-state index in [0.717, 1.165) is 18.2 Å². The monoisotopic (exact) mass is 577 g/mol. The van der Waals surface area contributed by atoms with E-state index >= 15 is 0 Å². The first kappa shape index (κ1) is 27.0. The largest absolute Gasteiger partial charge is 0.417 e. The molecule has 1 aliphatic heterocycles. The van der Waals surface area contributed by atoms with E-state index in [0.29, 0.717) is 35.1 Å². The maximum atomic E-state index is 13.7. The first-order valence-corrected chi connectivity index (χ1v) is 14.0. The molecule has 1 amide bonds. The third-order valence-electron chi connectivity index (χ3n) is 7.01. The lowest BCUT2D eigenvalue weighted by Gasteiger charge is -2.27. The molecule has 204 valence electrons. The van der Waals surface area contributed by atoms with Gasteiger partial charge in [-0.15, -0.1) is 0 Å². The summed E-state index contributed by atoms with van der Waals surface area (Å²) in [6, 6.07) is 13.4. The number of halogens is 4. The van der Waals surface area contributed by atoms with Gasteiger partial charge in [-0.3, -0.25) is 4.79 Å². The van der Waals surface area contributed by atoms with E-state index in [4.69, 9.17) is 11.6 Å². The number of hydrogen-bond donors (Lipinski definition) is 1. The number of nitrogens with zero attached hydrogens (tertiary/aromatic N) is 4. The van der Waals surface area contributed by atoms with Gasteiger partial charge in [0.25, 0.3) is 0 Å². The maximum Gasteiger partial charge on any atom is 0.417 e. The lowest BCUT2D eigenvalue weighted by molar-refractivity contribution is -0.139. The molecule has 13 heteroatoms. The molecule has 2 aromatic carbocycles. The zero-order valence-corrected chi connectivity index (χ0v) is 22.2. The van der Waals surface area contributed by atoms with Crippen molar-refractivity contribution in [2.75, 3.05) is 11.4 Å². The van der Waals surface area contributed by atoms with E-state index in [1.54, 1.807) is 37.3 Å². The Bertz CT molecular complexity index is 1580. The van der Waals surface area contributed by atoms with E-state index in [2.05, 4.69) is 16.5 Å². The summed E-state index contributed by atoms with van der Waals surface area (Å²) in [4.78, 5) is 14.2. The SMILES string of the molecule is Cc1cc(N2C[C@H](S(=O)(=O)c3ccccc3C(F)(F)F)C[C@H]2C(=O)NC2(C#N)CC2)n(-c2ccc(Cl)cc2)n1. The smallest absolute Gasteiger partial charge is 0.343 e. The first-order valence-electron chi connectivity index (χ1n) is 12.1. The molecule has 1 N–H and O–H groups in total. The Kier molecular flexibility index (Phi) is 6.63. The summed E-state index contributed by atoms with van der Waals surface area (Å²) in [5, 5.41) is 15.8. The number of carbonyl (C=O) groups excluding carboxylic acids is 1. The van der Waals surface area contributed by atoms with E-state index in [9.17, 15) is 31.6 Å². The molecule has 0 spiro atoms.